The first-order valence-corrected chi connectivity index (χ1v) is 9.99. The first-order valence-electron chi connectivity index (χ1n) is 8.50. The zero-order valence-electron chi connectivity index (χ0n) is 15.6. The highest BCUT2D eigenvalue weighted by molar-refractivity contribution is 7.92. The average Bonchev–Trinajstić information content (AvgIpc) is 2.63. The Morgan fingerprint density at radius 2 is 2.00 bits per heavy atom. The van der Waals surface area contributed by atoms with Crippen LogP contribution < -0.4 is 19.5 Å². The lowest BCUT2D eigenvalue weighted by molar-refractivity contribution is -0.129. The molecule has 2 aromatic rings. The maximum Gasteiger partial charge on any atom is 0.268 e. The number of carbonyl (C=O) groups excluding carboxylic acids is 1. The molecule has 0 atom stereocenters. The van der Waals surface area contributed by atoms with E-state index in [1.54, 1.807) is 26.8 Å². The number of hydrogen-bond acceptors (Lipinski definition) is 6. The Morgan fingerprint density at radius 1 is 1.25 bits per heavy atom. The molecule has 9 heteroatoms. The Labute approximate surface area is 163 Å². The molecule has 8 nitrogen and oxygen atoms in total. The third kappa shape index (κ3) is 3.73. The van der Waals surface area contributed by atoms with Crippen LogP contribution in [0.4, 0.5) is 11.4 Å². The van der Waals surface area contributed by atoms with Gasteiger partial charge in [0.05, 0.1) is 29.6 Å². The van der Waals surface area contributed by atoms with Gasteiger partial charge >= 0.3 is 0 Å². The summed E-state index contributed by atoms with van der Waals surface area (Å²) in [5.74, 6) is 0.250. The molecule has 0 unspecified atom stereocenters. The number of rotatable bonds is 5. The number of nitrogens with one attached hydrogen (secondary N) is 2. The van der Waals surface area contributed by atoms with Crippen molar-refractivity contribution in [2.75, 3.05) is 16.6 Å². The van der Waals surface area contributed by atoms with Crippen LogP contribution in [0, 0.1) is 11.3 Å². The van der Waals surface area contributed by atoms with Crippen molar-refractivity contribution in [2.45, 2.75) is 31.3 Å². The summed E-state index contributed by atoms with van der Waals surface area (Å²) in [5.41, 5.74) is -0.234. The number of benzene rings is 2. The Kier molecular flexibility index (Phi) is 4.91. The molecule has 1 heterocycles. The minimum Gasteiger partial charge on any atom is -0.492 e. The van der Waals surface area contributed by atoms with Crippen LogP contribution in [-0.4, -0.2) is 26.5 Å². The van der Waals surface area contributed by atoms with E-state index in [4.69, 9.17) is 14.7 Å². The summed E-state index contributed by atoms with van der Waals surface area (Å²) >= 11 is 0. The molecule has 0 fully saturated rings. The summed E-state index contributed by atoms with van der Waals surface area (Å²) in [7, 11) is -4.04. The molecule has 28 heavy (non-hydrogen) atoms. The third-order valence-corrected chi connectivity index (χ3v) is 5.46. The number of carbonyl (C=O) groups is 1. The highest BCUT2D eigenvalue weighted by Gasteiger charge is 2.35. The number of ether oxygens (including phenoxy) is 2. The highest BCUT2D eigenvalue weighted by Crippen LogP contribution is 2.36. The van der Waals surface area contributed by atoms with Crippen molar-refractivity contribution in [1.82, 2.24) is 0 Å². The van der Waals surface area contributed by atoms with Gasteiger partial charge in [0.15, 0.2) is 5.60 Å². The molecule has 3 rings (SSSR count). The van der Waals surface area contributed by atoms with Gasteiger partial charge in [-0.3, -0.25) is 9.52 Å². The van der Waals surface area contributed by atoms with Crippen molar-refractivity contribution < 1.29 is 22.7 Å². The van der Waals surface area contributed by atoms with Crippen LogP contribution in [0.1, 0.15) is 26.3 Å². The van der Waals surface area contributed by atoms with Crippen molar-refractivity contribution in [2.24, 2.45) is 0 Å². The topological polar surface area (TPSA) is 118 Å². The Morgan fingerprint density at radius 3 is 2.68 bits per heavy atom. The van der Waals surface area contributed by atoms with Gasteiger partial charge in [-0.2, -0.15) is 5.26 Å². The minimum absolute atomic E-state index is 0.144. The van der Waals surface area contributed by atoms with E-state index in [0.717, 1.165) is 0 Å². The molecule has 2 aromatic carbocycles. The second kappa shape index (κ2) is 7.05. The normalized spacial score (nSPS) is 14.9. The second-order valence-corrected chi connectivity index (χ2v) is 8.24. The molecule has 146 valence electrons. The fourth-order valence-corrected chi connectivity index (χ4v) is 3.87. The van der Waals surface area contributed by atoms with E-state index >= 15 is 0 Å². The average molecular weight is 401 g/mol. The van der Waals surface area contributed by atoms with E-state index in [1.807, 2.05) is 6.07 Å². The summed E-state index contributed by atoms with van der Waals surface area (Å²) in [6.07, 6.45) is 0. The molecule has 0 radical (unpaired) electrons. The van der Waals surface area contributed by atoms with E-state index in [9.17, 15) is 13.2 Å². The lowest BCUT2D eigenvalue weighted by Crippen LogP contribution is -2.45. The minimum atomic E-state index is -4.04. The summed E-state index contributed by atoms with van der Waals surface area (Å²) in [6, 6.07) is 10.7. The van der Waals surface area contributed by atoms with Gasteiger partial charge in [-0.15, -0.1) is 0 Å². The first-order chi connectivity index (χ1) is 13.2. The number of hydrogen-bond donors (Lipinski definition) is 2. The van der Waals surface area contributed by atoms with E-state index in [-0.39, 0.29) is 34.4 Å². The molecule has 0 spiro atoms. The first kappa shape index (κ1) is 19.5. The maximum atomic E-state index is 12.9. The van der Waals surface area contributed by atoms with Gasteiger partial charge in [0.2, 0.25) is 0 Å². The third-order valence-electron chi connectivity index (χ3n) is 4.05. The van der Waals surface area contributed by atoms with Gasteiger partial charge in [-0.1, -0.05) is 0 Å². The molecule has 0 aliphatic carbocycles. The van der Waals surface area contributed by atoms with E-state index in [1.165, 1.54) is 30.3 Å². The predicted octanol–water partition coefficient (Wildman–Crippen LogP) is 2.87. The quantitative estimate of drug-likeness (QED) is 0.795. The molecule has 0 saturated heterocycles. The van der Waals surface area contributed by atoms with Crippen molar-refractivity contribution in [1.29, 1.82) is 5.26 Å². The van der Waals surface area contributed by atoms with Crippen LogP contribution in [0.25, 0.3) is 0 Å². The Balaban J connectivity index is 1.95. The Bertz CT molecular complexity index is 1090. The van der Waals surface area contributed by atoms with Gasteiger partial charge in [0, 0.05) is 0 Å². The zero-order valence-corrected chi connectivity index (χ0v) is 16.4. The van der Waals surface area contributed by atoms with Crippen LogP contribution in [0.5, 0.6) is 11.5 Å². The van der Waals surface area contributed by atoms with Crippen LogP contribution in [0.2, 0.25) is 0 Å². The number of amides is 1. The fraction of sp³-hybridized carbons (Fsp3) is 0.263. The number of nitrogens with zero attached hydrogens (tertiary/aromatic N) is 1. The zero-order chi connectivity index (χ0) is 20.5. The van der Waals surface area contributed by atoms with Crippen LogP contribution in [0.15, 0.2) is 41.3 Å². The van der Waals surface area contributed by atoms with Crippen molar-refractivity contribution in [3.63, 3.8) is 0 Å². The van der Waals surface area contributed by atoms with Crippen LogP contribution >= 0.6 is 0 Å². The van der Waals surface area contributed by atoms with Gasteiger partial charge in [-0.25, -0.2) is 8.42 Å². The molecule has 0 aromatic heterocycles. The highest BCUT2D eigenvalue weighted by atomic mass is 32.2. The molecule has 1 amide bonds. The number of anilines is 2. The van der Waals surface area contributed by atoms with Crippen LogP contribution in [-0.2, 0) is 14.8 Å². The maximum absolute atomic E-state index is 12.9. The van der Waals surface area contributed by atoms with Gasteiger partial charge in [0.1, 0.15) is 16.4 Å². The molecule has 1 aliphatic heterocycles. The lowest BCUT2D eigenvalue weighted by Gasteiger charge is -2.31. The van der Waals surface area contributed by atoms with E-state index < -0.39 is 15.6 Å². The van der Waals surface area contributed by atoms with Gasteiger partial charge in [-0.05, 0) is 57.2 Å². The molecular weight excluding hydrogens is 382 g/mol. The SMILES string of the molecule is CCOc1ccc(C#N)cc1S(=O)(=O)Nc1ccc2c(c1)NC(=O)C(C)(C)O2. The summed E-state index contributed by atoms with van der Waals surface area (Å²) < 4.78 is 39.2. The fourth-order valence-electron chi connectivity index (χ4n) is 2.65. The number of nitriles is 1. The van der Waals surface area contributed by atoms with Gasteiger partial charge in [0.25, 0.3) is 15.9 Å². The van der Waals surface area contributed by atoms with Crippen LogP contribution in [0.3, 0.4) is 0 Å². The largest absolute Gasteiger partial charge is 0.492 e. The summed E-state index contributed by atoms with van der Waals surface area (Å²) in [4.78, 5) is 11.9. The predicted molar refractivity (Wildman–Crippen MR) is 103 cm³/mol. The van der Waals surface area contributed by atoms with Crippen molar-refractivity contribution in [3.05, 3.63) is 42.0 Å². The van der Waals surface area contributed by atoms with Crippen molar-refractivity contribution in [3.8, 4) is 17.6 Å². The van der Waals surface area contributed by atoms with E-state index in [0.29, 0.717) is 11.4 Å². The molecule has 1 aliphatic rings. The summed E-state index contributed by atoms with van der Waals surface area (Å²) in [6.45, 7) is 5.28. The van der Waals surface area contributed by atoms with Crippen molar-refractivity contribution >= 4 is 27.3 Å². The van der Waals surface area contributed by atoms with E-state index in [2.05, 4.69) is 10.0 Å². The second-order valence-electron chi connectivity index (χ2n) is 6.59. The number of sulfonamides is 1. The molecule has 0 bridgehead atoms. The lowest BCUT2D eigenvalue weighted by atomic mass is 10.1. The number of fused-ring (bicyclic) bond motifs is 1. The smallest absolute Gasteiger partial charge is 0.268 e. The summed E-state index contributed by atoms with van der Waals surface area (Å²) in [5, 5.41) is 11.8. The molecule has 0 saturated carbocycles. The monoisotopic (exact) mass is 401 g/mol. The molecule has 2 N–H and O–H groups in total. The molecular formula is C19H19N3O5S. The van der Waals surface area contributed by atoms with Gasteiger partial charge < -0.3 is 14.8 Å². The standard InChI is InChI=1S/C19H19N3O5S/c1-4-26-16-7-5-12(11-20)9-17(16)28(24,25)22-13-6-8-15-14(10-13)21-18(23)19(2,3)27-15/h5-10,22H,4H2,1-3H3,(H,21,23). The Hall–Kier alpha value is -3.25.